The summed E-state index contributed by atoms with van der Waals surface area (Å²) in [4.78, 5) is 12.4. The molecule has 0 radical (unpaired) electrons. The average molecular weight is 410 g/mol. The van der Waals surface area contributed by atoms with Gasteiger partial charge < -0.3 is 10.1 Å². The Morgan fingerprint density at radius 3 is 2.34 bits per heavy atom. The van der Waals surface area contributed by atoms with Gasteiger partial charge in [0.2, 0.25) is 10.0 Å². The molecule has 0 bridgehead atoms. The highest BCUT2D eigenvalue weighted by molar-refractivity contribution is 7.89. The van der Waals surface area contributed by atoms with Crippen LogP contribution in [0.15, 0.2) is 77.7 Å². The Morgan fingerprint density at radius 2 is 1.66 bits per heavy atom. The van der Waals surface area contributed by atoms with Crippen LogP contribution < -0.4 is 14.8 Å². The lowest BCUT2D eigenvalue weighted by Gasteiger charge is -2.13. The number of nitrogens with one attached hydrogen (secondary N) is 2. The summed E-state index contributed by atoms with van der Waals surface area (Å²) in [7, 11) is -2.18. The number of anilines is 1. The molecule has 6 nitrogen and oxygen atoms in total. The van der Waals surface area contributed by atoms with Crippen molar-refractivity contribution in [1.82, 2.24) is 4.72 Å². The van der Waals surface area contributed by atoms with E-state index in [9.17, 15) is 13.2 Å². The summed E-state index contributed by atoms with van der Waals surface area (Å²) >= 11 is 0. The van der Waals surface area contributed by atoms with Gasteiger partial charge in [0, 0.05) is 23.4 Å². The molecule has 3 aromatic carbocycles. The predicted molar refractivity (Wildman–Crippen MR) is 113 cm³/mol. The van der Waals surface area contributed by atoms with Gasteiger partial charge in [-0.1, -0.05) is 36.4 Å². The van der Waals surface area contributed by atoms with Crippen molar-refractivity contribution in [2.45, 2.75) is 18.4 Å². The fourth-order valence-electron chi connectivity index (χ4n) is 2.83. The number of para-hydroxylation sites is 1. The van der Waals surface area contributed by atoms with Crippen LogP contribution in [-0.4, -0.2) is 21.4 Å². The third-order valence-electron chi connectivity index (χ3n) is 4.44. The van der Waals surface area contributed by atoms with Gasteiger partial charge in [0.25, 0.3) is 5.91 Å². The molecule has 29 heavy (non-hydrogen) atoms. The van der Waals surface area contributed by atoms with Crippen LogP contribution in [0.5, 0.6) is 5.75 Å². The zero-order chi connectivity index (χ0) is 20.9. The van der Waals surface area contributed by atoms with E-state index in [0.717, 1.165) is 5.56 Å². The number of amides is 1. The highest BCUT2D eigenvalue weighted by Gasteiger charge is 2.17. The van der Waals surface area contributed by atoms with Gasteiger partial charge >= 0.3 is 0 Å². The van der Waals surface area contributed by atoms with Crippen molar-refractivity contribution in [2.24, 2.45) is 0 Å². The second-order valence-electron chi connectivity index (χ2n) is 6.43. The summed E-state index contributed by atoms with van der Waals surface area (Å²) in [6, 6.07) is 20.6. The van der Waals surface area contributed by atoms with Gasteiger partial charge in [-0.15, -0.1) is 0 Å². The second-order valence-corrected chi connectivity index (χ2v) is 8.20. The SMILES string of the molecule is COc1ccccc1CNS(=O)(=O)c1ccc(NC(=O)c2ccccc2)c(C)c1. The maximum absolute atomic E-state index is 12.7. The first-order valence-electron chi connectivity index (χ1n) is 8.99. The fourth-order valence-corrected chi connectivity index (χ4v) is 3.92. The van der Waals surface area contributed by atoms with Gasteiger partial charge in [-0.25, -0.2) is 13.1 Å². The molecular formula is C22H22N2O4S. The van der Waals surface area contributed by atoms with Crippen LogP contribution in [0.2, 0.25) is 0 Å². The third-order valence-corrected chi connectivity index (χ3v) is 5.84. The number of hydrogen-bond acceptors (Lipinski definition) is 4. The van der Waals surface area contributed by atoms with E-state index in [1.807, 2.05) is 18.2 Å². The standard InChI is InChI=1S/C22H22N2O4S/c1-16-14-19(12-13-20(16)24-22(25)17-8-4-3-5-9-17)29(26,27)23-15-18-10-6-7-11-21(18)28-2/h3-14,23H,15H2,1-2H3,(H,24,25). The molecule has 0 saturated heterocycles. The van der Waals surface area contributed by atoms with E-state index < -0.39 is 10.0 Å². The largest absolute Gasteiger partial charge is 0.496 e. The maximum Gasteiger partial charge on any atom is 0.255 e. The van der Waals surface area contributed by atoms with Gasteiger partial charge in [-0.05, 0) is 48.9 Å². The zero-order valence-electron chi connectivity index (χ0n) is 16.2. The molecule has 150 valence electrons. The molecule has 0 aromatic heterocycles. The minimum absolute atomic E-state index is 0.109. The van der Waals surface area contributed by atoms with E-state index in [1.165, 1.54) is 12.1 Å². The molecule has 0 aliphatic carbocycles. The molecule has 3 aromatic rings. The molecule has 0 saturated carbocycles. The molecule has 1 amide bonds. The third kappa shape index (κ3) is 5.01. The predicted octanol–water partition coefficient (Wildman–Crippen LogP) is 3.73. The summed E-state index contributed by atoms with van der Waals surface area (Å²) in [6.07, 6.45) is 0. The molecule has 0 heterocycles. The Morgan fingerprint density at radius 1 is 0.966 bits per heavy atom. The summed E-state index contributed by atoms with van der Waals surface area (Å²) in [5.41, 5.74) is 2.47. The molecule has 0 aliphatic rings. The molecule has 0 aliphatic heterocycles. The number of hydrogen-bond donors (Lipinski definition) is 2. The summed E-state index contributed by atoms with van der Waals surface area (Å²) in [6.45, 7) is 1.86. The number of carbonyl (C=O) groups excluding carboxylic acids is 1. The first-order chi connectivity index (χ1) is 13.9. The lowest BCUT2D eigenvalue weighted by Crippen LogP contribution is -2.23. The van der Waals surface area contributed by atoms with Crippen LogP contribution in [0.3, 0.4) is 0 Å². The van der Waals surface area contributed by atoms with Crippen LogP contribution >= 0.6 is 0 Å². The van der Waals surface area contributed by atoms with Crippen LogP contribution in [0.1, 0.15) is 21.5 Å². The Kier molecular flexibility index (Phi) is 6.31. The van der Waals surface area contributed by atoms with Crippen molar-refractivity contribution in [2.75, 3.05) is 12.4 Å². The van der Waals surface area contributed by atoms with E-state index >= 15 is 0 Å². The summed E-state index contributed by atoms with van der Waals surface area (Å²) in [5.74, 6) is 0.365. The molecule has 0 atom stereocenters. The van der Waals surface area contributed by atoms with Crippen LogP contribution in [-0.2, 0) is 16.6 Å². The van der Waals surface area contributed by atoms with Crippen molar-refractivity contribution < 1.29 is 17.9 Å². The van der Waals surface area contributed by atoms with E-state index in [2.05, 4.69) is 10.0 Å². The second kappa shape index (κ2) is 8.89. The maximum atomic E-state index is 12.7. The van der Waals surface area contributed by atoms with Gasteiger partial charge in [-0.2, -0.15) is 0 Å². The molecule has 7 heteroatoms. The highest BCUT2D eigenvalue weighted by Crippen LogP contribution is 2.22. The van der Waals surface area contributed by atoms with Crippen LogP contribution in [0.25, 0.3) is 0 Å². The van der Waals surface area contributed by atoms with Gasteiger partial charge in [0.05, 0.1) is 12.0 Å². The number of ether oxygens (including phenoxy) is 1. The fraction of sp³-hybridized carbons (Fsp3) is 0.136. The van der Waals surface area contributed by atoms with Crippen molar-refractivity contribution in [3.05, 3.63) is 89.5 Å². The highest BCUT2D eigenvalue weighted by atomic mass is 32.2. The van der Waals surface area contributed by atoms with E-state index in [0.29, 0.717) is 22.6 Å². The Labute approximate surface area is 170 Å². The van der Waals surface area contributed by atoms with Crippen LogP contribution in [0.4, 0.5) is 5.69 Å². The smallest absolute Gasteiger partial charge is 0.255 e. The van der Waals surface area contributed by atoms with Crippen molar-refractivity contribution in [3.63, 3.8) is 0 Å². The van der Waals surface area contributed by atoms with Crippen LogP contribution in [0, 0.1) is 6.92 Å². The molecule has 0 spiro atoms. The molecule has 3 rings (SSSR count). The topological polar surface area (TPSA) is 84.5 Å². The van der Waals surface area contributed by atoms with E-state index in [-0.39, 0.29) is 17.3 Å². The number of methoxy groups -OCH3 is 1. The molecule has 2 N–H and O–H groups in total. The molecular weight excluding hydrogens is 388 g/mol. The molecule has 0 unspecified atom stereocenters. The van der Waals surface area contributed by atoms with Gasteiger partial charge in [0.15, 0.2) is 0 Å². The number of rotatable bonds is 7. The Hall–Kier alpha value is -3.16. The summed E-state index contributed by atoms with van der Waals surface area (Å²) < 4.78 is 33.2. The van der Waals surface area contributed by atoms with Crippen molar-refractivity contribution in [1.29, 1.82) is 0 Å². The number of aryl methyl sites for hydroxylation is 1. The summed E-state index contributed by atoms with van der Waals surface area (Å²) in [5, 5.41) is 2.81. The number of sulfonamides is 1. The van der Waals surface area contributed by atoms with Crippen molar-refractivity contribution >= 4 is 21.6 Å². The number of carbonyl (C=O) groups is 1. The van der Waals surface area contributed by atoms with Gasteiger partial charge in [0.1, 0.15) is 5.75 Å². The zero-order valence-corrected chi connectivity index (χ0v) is 17.0. The Balaban J connectivity index is 1.73. The first kappa shape index (κ1) is 20.6. The quantitative estimate of drug-likeness (QED) is 0.622. The number of benzene rings is 3. The first-order valence-corrected chi connectivity index (χ1v) is 10.5. The normalized spacial score (nSPS) is 11.1. The van der Waals surface area contributed by atoms with E-state index in [4.69, 9.17) is 4.74 Å². The Bertz CT molecular complexity index is 1110. The minimum Gasteiger partial charge on any atom is -0.496 e. The molecule has 0 fully saturated rings. The minimum atomic E-state index is -3.72. The lowest BCUT2D eigenvalue weighted by molar-refractivity contribution is 0.102. The van der Waals surface area contributed by atoms with E-state index in [1.54, 1.807) is 56.5 Å². The van der Waals surface area contributed by atoms with Crippen molar-refractivity contribution in [3.8, 4) is 5.75 Å². The van der Waals surface area contributed by atoms with Gasteiger partial charge in [-0.3, -0.25) is 4.79 Å². The average Bonchev–Trinajstić information content (AvgIpc) is 2.74. The monoisotopic (exact) mass is 410 g/mol. The lowest BCUT2D eigenvalue weighted by atomic mass is 10.1.